The lowest BCUT2D eigenvalue weighted by molar-refractivity contribution is -0.141. The van der Waals surface area contributed by atoms with Gasteiger partial charge in [0.2, 0.25) is 5.91 Å². The summed E-state index contributed by atoms with van der Waals surface area (Å²) < 4.78 is 11.6. The highest BCUT2D eigenvalue weighted by molar-refractivity contribution is 5.77. The Morgan fingerprint density at radius 2 is 1.43 bits per heavy atom. The van der Waals surface area contributed by atoms with Gasteiger partial charge in [-0.15, -0.1) is 0 Å². The van der Waals surface area contributed by atoms with Gasteiger partial charge in [0.05, 0.1) is 12.6 Å². The number of benzene rings is 2. The molecular formula is C37H53N3O4. The van der Waals surface area contributed by atoms with Crippen LogP contribution in [0.3, 0.4) is 0 Å². The Kier molecular flexibility index (Phi) is 9.93. The molecule has 7 nitrogen and oxygen atoms in total. The second-order valence-corrected chi connectivity index (χ2v) is 15.2. The number of amides is 2. The summed E-state index contributed by atoms with van der Waals surface area (Å²) in [7, 11) is 0. The summed E-state index contributed by atoms with van der Waals surface area (Å²) in [5, 5.41) is 0. The molecule has 2 aliphatic heterocycles. The molecule has 2 aromatic carbocycles. The van der Waals surface area contributed by atoms with E-state index in [1.54, 1.807) is 4.90 Å². The van der Waals surface area contributed by atoms with E-state index in [9.17, 15) is 9.59 Å². The molecule has 1 saturated carbocycles. The molecule has 2 atom stereocenters. The molecule has 0 N–H and O–H groups in total. The van der Waals surface area contributed by atoms with Crippen molar-refractivity contribution in [3.8, 4) is 5.75 Å². The third-order valence-electron chi connectivity index (χ3n) is 9.32. The summed E-state index contributed by atoms with van der Waals surface area (Å²) in [6.45, 7) is 16.9. The third kappa shape index (κ3) is 8.56. The lowest BCUT2D eigenvalue weighted by Crippen LogP contribution is -2.60. The highest BCUT2D eigenvalue weighted by atomic mass is 16.6. The Morgan fingerprint density at radius 3 is 2.02 bits per heavy atom. The maximum Gasteiger partial charge on any atom is 0.410 e. The zero-order valence-electron chi connectivity index (χ0n) is 27.8. The standard InChI is InChI=1S/C37H53N3O4/c1-36(2,3)32-25-39(22-23-40(32)33(41)24-27-18-20-38(21-19-27)35(42)44-37(4,5)6)34(29-10-8-7-9-11-29)30-14-16-31(17-15-30)43-26-28-12-13-28/h7-11,14-17,27-28,32,34H,12-13,18-26H2,1-6H3/t32-,34?/m1/s1. The van der Waals surface area contributed by atoms with Crippen molar-refractivity contribution >= 4 is 12.0 Å². The van der Waals surface area contributed by atoms with Crippen molar-refractivity contribution < 1.29 is 19.1 Å². The predicted octanol–water partition coefficient (Wildman–Crippen LogP) is 7.16. The quantitative estimate of drug-likeness (QED) is 0.320. The molecule has 7 heteroatoms. The molecule has 0 bridgehead atoms. The van der Waals surface area contributed by atoms with Crippen LogP contribution in [0.2, 0.25) is 0 Å². The third-order valence-corrected chi connectivity index (χ3v) is 9.32. The van der Waals surface area contributed by atoms with Gasteiger partial charge < -0.3 is 19.3 Å². The van der Waals surface area contributed by atoms with Crippen LogP contribution in [0.4, 0.5) is 4.79 Å². The second-order valence-electron chi connectivity index (χ2n) is 15.2. The van der Waals surface area contributed by atoms with Gasteiger partial charge in [-0.05, 0) is 87.0 Å². The van der Waals surface area contributed by atoms with E-state index in [2.05, 4.69) is 85.2 Å². The molecule has 44 heavy (non-hydrogen) atoms. The molecule has 0 spiro atoms. The van der Waals surface area contributed by atoms with Crippen LogP contribution in [0.15, 0.2) is 54.6 Å². The number of carbonyl (C=O) groups is 2. The van der Waals surface area contributed by atoms with E-state index < -0.39 is 5.60 Å². The van der Waals surface area contributed by atoms with Crippen LogP contribution < -0.4 is 4.74 Å². The molecule has 2 amide bonds. The lowest BCUT2D eigenvalue weighted by atomic mass is 9.82. The molecular weight excluding hydrogens is 550 g/mol. The van der Waals surface area contributed by atoms with Crippen LogP contribution in [0, 0.1) is 17.3 Å². The fourth-order valence-electron chi connectivity index (χ4n) is 6.58. The summed E-state index contributed by atoms with van der Waals surface area (Å²) in [6, 6.07) is 19.6. The zero-order chi connectivity index (χ0) is 31.5. The largest absolute Gasteiger partial charge is 0.493 e. The van der Waals surface area contributed by atoms with E-state index in [4.69, 9.17) is 9.47 Å². The average molecular weight is 604 g/mol. The van der Waals surface area contributed by atoms with Crippen molar-refractivity contribution in [3.63, 3.8) is 0 Å². The van der Waals surface area contributed by atoms with Gasteiger partial charge in [-0.3, -0.25) is 9.69 Å². The molecule has 2 heterocycles. The van der Waals surface area contributed by atoms with Crippen LogP contribution in [-0.2, 0) is 9.53 Å². The van der Waals surface area contributed by atoms with Crippen LogP contribution in [-0.4, -0.2) is 77.7 Å². The van der Waals surface area contributed by atoms with Crippen molar-refractivity contribution in [1.82, 2.24) is 14.7 Å². The van der Waals surface area contributed by atoms with Crippen molar-refractivity contribution in [1.29, 1.82) is 0 Å². The highest BCUT2D eigenvalue weighted by Gasteiger charge is 2.41. The number of carbonyl (C=O) groups excluding carboxylic acids is 2. The fourth-order valence-corrected chi connectivity index (χ4v) is 6.58. The lowest BCUT2D eigenvalue weighted by Gasteiger charge is -2.50. The van der Waals surface area contributed by atoms with E-state index in [0.29, 0.717) is 26.1 Å². The van der Waals surface area contributed by atoms with Gasteiger partial charge in [0.15, 0.2) is 0 Å². The number of rotatable bonds is 8. The summed E-state index contributed by atoms with van der Waals surface area (Å²) in [4.78, 5) is 32.9. The SMILES string of the molecule is CC(C)(C)OC(=O)N1CCC(CC(=O)N2CCN(C(c3ccccc3)c3ccc(OCC4CC4)cc3)C[C@@H]2C(C)(C)C)CC1. The van der Waals surface area contributed by atoms with Gasteiger partial charge in [-0.25, -0.2) is 4.79 Å². The van der Waals surface area contributed by atoms with Crippen molar-refractivity contribution in [2.75, 3.05) is 39.3 Å². The van der Waals surface area contributed by atoms with Gasteiger partial charge in [0, 0.05) is 45.2 Å². The predicted molar refractivity (Wildman–Crippen MR) is 175 cm³/mol. The van der Waals surface area contributed by atoms with E-state index in [-0.39, 0.29) is 35.4 Å². The number of likely N-dealkylation sites (tertiary alicyclic amines) is 1. The van der Waals surface area contributed by atoms with Crippen molar-refractivity contribution in [2.45, 2.75) is 91.3 Å². The van der Waals surface area contributed by atoms with Gasteiger partial charge in [-0.2, -0.15) is 0 Å². The minimum Gasteiger partial charge on any atom is -0.493 e. The minimum absolute atomic E-state index is 0.0733. The van der Waals surface area contributed by atoms with Crippen molar-refractivity contribution in [2.24, 2.45) is 17.3 Å². The highest BCUT2D eigenvalue weighted by Crippen LogP contribution is 2.37. The number of hydrogen-bond acceptors (Lipinski definition) is 5. The molecule has 1 unspecified atom stereocenters. The maximum absolute atomic E-state index is 13.9. The Labute approximate surface area is 264 Å². The Morgan fingerprint density at radius 1 is 0.795 bits per heavy atom. The number of piperazine rings is 1. The second kappa shape index (κ2) is 13.5. The smallest absolute Gasteiger partial charge is 0.410 e. The van der Waals surface area contributed by atoms with Crippen LogP contribution in [0.25, 0.3) is 0 Å². The molecule has 1 aliphatic carbocycles. The maximum atomic E-state index is 13.9. The molecule has 2 saturated heterocycles. The molecule has 3 aliphatic rings. The zero-order valence-corrected chi connectivity index (χ0v) is 27.8. The molecule has 0 radical (unpaired) electrons. The van der Waals surface area contributed by atoms with Crippen LogP contribution in [0.1, 0.15) is 90.8 Å². The topological polar surface area (TPSA) is 62.3 Å². The number of hydrogen-bond donors (Lipinski definition) is 0. The first-order valence-corrected chi connectivity index (χ1v) is 16.7. The Bertz CT molecular complexity index is 1240. The molecule has 0 aromatic heterocycles. The van der Waals surface area contributed by atoms with E-state index in [1.165, 1.54) is 24.0 Å². The summed E-state index contributed by atoms with van der Waals surface area (Å²) >= 11 is 0. The Balaban J connectivity index is 1.25. The normalized spacial score (nSPS) is 21.2. The van der Waals surface area contributed by atoms with E-state index >= 15 is 0 Å². The van der Waals surface area contributed by atoms with Gasteiger partial charge in [-0.1, -0.05) is 63.2 Å². The van der Waals surface area contributed by atoms with Crippen LogP contribution >= 0.6 is 0 Å². The molecule has 240 valence electrons. The van der Waals surface area contributed by atoms with Crippen LogP contribution in [0.5, 0.6) is 5.75 Å². The number of nitrogens with zero attached hydrogens (tertiary/aromatic N) is 3. The first kappa shape index (κ1) is 32.3. The molecule has 2 aromatic rings. The first-order chi connectivity index (χ1) is 20.9. The number of ether oxygens (including phenoxy) is 2. The Hall–Kier alpha value is -3.06. The van der Waals surface area contributed by atoms with Gasteiger partial charge in [0.1, 0.15) is 11.4 Å². The summed E-state index contributed by atoms with van der Waals surface area (Å²) in [5.41, 5.74) is 1.94. The summed E-state index contributed by atoms with van der Waals surface area (Å²) in [6.07, 6.45) is 4.53. The monoisotopic (exact) mass is 603 g/mol. The fraction of sp³-hybridized carbons (Fsp3) is 0.622. The van der Waals surface area contributed by atoms with Gasteiger partial charge >= 0.3 is 6.09 Å². The van der Waals surface area contributed by atoms with E-state index in [1.807, 2.05) is 20.8 Å². The summed E-state index contributed by atoms with van der Waals surface area (Å²) in [5.74, 6) is 2.20. The minimum atomic E-state index is -0.499. The molecule has 5 rings (SSSR count). The average Bonchev–Trinajstić information content (AvgIpc) is 3.81. The molecule has 3 fully saturated rings. The first-order valence-electron chi connectivity index (χ1n) is 16.7. The van der Waals surface area contributed by atoms with E-state index in [0.717, 1.165) is 44.2 Å². The van der Waals surface area contributed by atoms with Crippen molar-refractivity contribution in [3.05, 3.63) is 65.7 Å². The van der Waals surface area contributed by atoms with Gasteiger partial charge in [0.25, 0.3) is 0 Å². The number of piperidine rings is 1.